The van der Waals surface area contributed by atoms with Gasteiger partial charge in [0.15, 0.2) is 0 Å². The Hall–Kier alpha value is -2.11. The van der Waals surface area contributed by atoms with Crippen molar-refractivity contribution in [3.8, 4) is 5.75 Å². The normalized spacial score (nSPS) is 20.5. The van der Waals surface area contributed by atoms with Crippen LogP contribution in [-0.4, -0.2) is 46.2 Å². The second kappa shape index (κ2) is 8.06. The average Bonchev–Trinajstić information content (AvgIpc) is 2.82. The number of likely N-dealkylation sites (tertiary alicyclic amines) is 1. The molecule has 0 spiro atoms. The first-order valence-corrected chi connectivity index (χ1v) is 9.16. The quantitative estimate of drug-likeness (QED) is 0.889. The van der Waals surface area contributed by atoms with E-state index in [9.17, 15) is 9.90 Å². The molecule has 1 amide bonds. The number of rotatable bonds is 4. The smallest absolute Gasteiger partial charge is 0.272 e. The number of hydrogen-bond acceptors (Lipinski definition) is 4. The molecule has 0 bridgehead atoms. The molecule has 1 fully saturated rings. The number of ether oxygens (including phenoxy) is 1. The van der Waals surface area contributed by atoms with Gasteiger partial charge in [0.05, 0.1) is 0 Å². The van der Waals surface area contributed by atoms with Gasteiger partial charge in [-0.1, -0.05) is 23.7 Å². The van der Waals surface area contributed by atoms with Gasteiger partial charge in [-0.3, -0.25) is 9.78 Å². The van der Waals surface area contributed by atoms with Crippen molar-refractivity contribution < 1.29 is 14.6 Å². The van der Waals surface area contributed by atoms with E-state index in [1.54, 1.807) is 23.2 Å². The van der Waals surface area contributed by atoms with Gasteiger partial charge in [-0.2, -0.15) is 0 Å². The SMILES string of the molecule is Cc1cccnc1C(=O)N1CCCC(O)(COc2cccc(Cl)c2)CC1. The fourth-order valence-corrected chi connectivity index (χ4v) is 3.34. The van der Waals surface area contributed by atoms with Gasteiger partial charge >= 0.3 is 0 Å². The predicted molar refractivity (Wildman–Crippen MR) is 101 cm³/mol. The summed E-state index contributed by atoms with van der Waals surface area (Å²) in [7, 11) is 0. The number of benzene rings is 1. The second-order valence-corrected chi connectivity index (χ2v) is 7.22. The lowest BCUT2D eigenvalue weighted by molar-refractivity contribution is -0.0163. The van der Waals surface area contributed by atoms with Crippen LogP contribution in [-0.2, 0) is 0 Å². The van der Waals surface area contributed by atoms with Crippen molar-refractivity contribution in [3.63, 3.8) is 0 Å². The van der Waals surface area contributed by atoms with Crippen molar-refractivity contribution in [2.24, 2.45) is 0 Å². The maximum Gasteiger partial charge on any atom is 0.272 e. The zero-order chi connectivity index (χ0) is 18.6. The maximum absolute atomic E-state index is 12.7. The van der Waals surface area contributed by atoms with E-state index in [1.807, 2.05) is 31.2 Å². The highest BCUT2D eigenvalue weighted by Crippen LogP contribution is 2.26. The van der Waals surface area contributed by atoms with E-state index in [-0.39, 0.29) is 12.5 Å². The van der Waals surface area contributed by atoms with Crippen molar-refractivity contribution in [3.05, 3.63) is 58.9 Å². The standard InChI is InChI=1S/C20H23ClN2O3/c1-15-5-3-10-22-18(15)19(24)23-11-4-8-20(25,9-12-23)14-26-17-7-2-6-16(21)13-17/h2-3,5-7,10,13,25H,4,8-9,11-12,14H2,1H3. The predicted octanol–water partition coefficient (Wildman–Crippen LogP) is 3.48. The Morgan fingerprint density at radius 2 is 2.15 bits per heavy atom. The molecule has 2 aromatic rings. The summed E-state index contributed by atoms with van der Waals surface area (Å²) in [5, 5.41) is 11.5. The Morgan fingerprint density at radius 3 is 2.92 bits per heavy atom. The molecule has 0 saturated carbocycles. The number of hydrogen-bond donors (Lipinski definition) is 1. The molecule has 26 heavy (non-hydrogen) atoms. The highest BCUT2D eigenvalue weighted by atomic mass is 35.5. The van der Waals surface area contributed by atoms with Gasteiger partial charge in [-0.15, -0.1) is 0 Å². The topological polar surface area (TPSA) is 62.7 Å². The molecule has 2 heterocycles. The largest absolute Gasteiger partial charge is 0.491 e. The highest BCUT2D eigenvalue weighted by Gasteiger charge is 2.33. The summed E-state index contributed by atoms with van der Waals surface area (Å²) >= 11 is 5.96. The molecule has 1 N–H and O–H groups in total. The molecule has 1 aliphatic rings. The number of aliphatic hydroxyl groups is 1. The number of aryl methyl sites for hydroxylation is 1. The number of aromatic nitrogens is 1. The highest BCUT2D eigenvalue weighted by molar-refractivity contribution is 6.30. The van der Waals surface area contributed by atoms with Gasteiger partial charge in [0.2, 0.25) is 0 Å². The van der Waals surface area contributed by atoms with Crippen LogP contribution in [0.4, 0.5) is 0 Å². The van der Waals surface area contributed by atoms with E-state index in [2.05, 4.69) is 4.98 Å². The first kappa shape index (κ1) is 18.7. The van der Waals surface area contributed by atoms with Crippen LogP contribution >= 0.6 is 11.6 Å². The van der Waals surface area contributed by atoms with E-state index >= 15 is 0 Å². The molecule has 0 aliphatic carbocycles. The molecule has 0 radical (unpaired) electrons. The van der Waals surface area contributed by atoms with Crippen LogP contribution in [0.15, 0.2) is 42.6 Å². The van der Waals surface area contributed by atoms with Crippen LogP contribution in [0, 0.1) is 6.92 Å². The molecule has 1 atom stereocenters. The molecule has 3 rings (SSSR count). The molecule has 1 unspecified atom stereocenters. The molecule has 1 aromatic heterocycles. The molecule has 5 nitrogen and oxygen atoms in total. The molecule has 1 aromatic carbocycles. The van der Waals surface area contributed by atoms with Crippen molar-refractivity contribution in [1.82, 2.24) is 9.88 Å². The lowest BCUT2D eigenvalue weighted by Crippen LogP contribution is -2.38. The number of amides is 1. The van der Waals surface area contributed by atoms with Crippen molar-refractivity contribution in [2.75, 3.05) is 19.7 Å². The zero-order valence-electron chi connectivity index (χ0n) is 14.8. The lowest BCUT2D eigenvalue weighted by atomic mass is 9.96. The van der Waals surface area contributed by atoms with Gasteiger partial charge < -0.3 is 14.7 Å². The maximum atomic E-state index is 12.7. The molecular weight excluding hydrogens is 352 g/mol. The average molecular weight is 375 g/mol. The van der Waals surface area contributed by atoms with Crippen molar-refractivity contribution >= 4 is 17.5 Å². The van der Waals surface area contributed by atoms with E-state index in [0.717, 1.165) is 5.56 Å². The zero-order valence-corrected chi connectivity index (χ0v) is 15.6. The summed E-state index contributed by atoms with van der Waals surface area (Å²) in [4.78, 5) is 18.7. The van der Waals surface area contributed by atoms with E-state index in [1.165, 1.54) is 0 Å². The summed E-state index contributed by atoms with van der Waals surface area (Å²) in [5.41, 5.74) is 0.380. The van der Waals surface area contributed by atoms with E-state index < -0.39 is 5.60 Å². The van der Waals surface area contributed by atoms with Gasteiger partial charge in [0.25, 0.3) is 5.91 Å². The third-order valence-electron chi connectivity index (χ3n) is 4.72. The summed E-state index contributed by atoms with van der Waals surface area (Å²) in [6, 6.07) is 10.8. The van der Waals surface area contributed by atoms with E-state index in [4.69, 9.17) is 16.3 Å². The minimum absolute atomic E-state index is 0.0805. The first-order valence-electron chi connectivity index (χ1n) is 8.78. The Kier molecular flexibility index (Phi) is 5.79. The Labute approximate surface area is 158 Å². The summed E-state index contributed by atoms with van der Waals surface area (Å²) in [6.45, 7) is 3.14. The molecular formula is C20H23ClN2O3. The third-order valence-corrected chi connectivity index (χ3v) is 4.96. The van der Waals surface area contributed by atoms with Crippen molar-refractivity contribution in [1.29, 1.82) is 0 Å². The van der Waals surface area contributed by atoms with E-state index in [0.29, 0.717) is 48.8 Å². The number of pyridine rings is 1. The minimum Gasteiger partial charge on any atom is -0.491 e. The molecule has 6 heteroatoms. The third kappa shape index (κ3) is 4.54. The molecule has 1 aliphatic heterocycles. The number of halogens is 1. The van der Waals surface area contributed by atoms with Crippen LogP contribution in [0.5, 0.6) is 5.75 Å². The Bertz CT molecular complexity index is 783. The monoisotopic (exact) mass is 374 g/mol. The van der Waals surface area contributed by atoms with Gasteiger partial charge in [-0.25, -0.2) is 0 Å². The minimum atomic E-state index is -0.962. The second-order valence-electron chi connectivity index (χ2n) is 6.79. The number of nitrogens with zero attached hydrogens (tertiary/aromatic N) is 2. The van der Waals surface area contributed by atoms with Crippen LogP contribution in [0.2, 0.25) is 5.02 Å². The van der Waals surface area contributed by atoms with Crippen LogP contribution < -0.4 is 4.74 Å². The number of carbonyl (C=O) groups excluding carboxylic acids is 1. The van der Waals surface area contributed by atoms with Crippen molar-refractivity contribution in [2.45, 2.75) is 31.8 Å². The Morgan fingerprint density at radius 1 is 1.31 bits per heavy atom. The first-order chi connectivity index (χ1) is 12.5. The lowest BCUT2D eigenvalue weighted by Gasteiger charge is -2.27. The van der Waals surface area contributed by atoms with Gasteiger partial charge in [0, 0.05) is 24.3 Å². The fraction of sp³-hybridized carbons (Fsp3) is 0.400. The fourth-order valence-electron chi connectivity index (χ4n) is 3.16. The molecule has 1 saturated heterocycles. The van der Waals surface area contributed by atoms with Crippen LogP contribution in [0.1, 0.15) is 35.3 Å². The number of carbonyl (C=O) groups is 1. The summed E-state index contributed by atoms with van der Waals surface area (Å²) < 4.78 is 5.73. The van der Waals surface area contributed by atoms with Gasteiger partial charge in [-0.05, 0) is 56.0 Å². The summed E-state index contributed by atoms with van der Waals surface area (Å²) in [5.74, 6) is 0.551. The summed E-state index contributed by atoms with van der Waals surface area (Å²) in [6.07, 6.45) is 3.39. The molecule has 138 valence electrons. The van der Waals surface area contributed by atoms with Crippen LogP contribution in [0.3, 0.4) is 0 Å². The Balaban J connectivity index is 1.62. The van der Waals surface area contributed by atoms with Gasteiger partial charge in [0.1, 0.15) is 23.7 Å². The van der Waals surface area contributed by atoms with Crippen LogP contribution in [0.25, 0.3) is 0 Å².